The van der Waals surface area contributed by atoms with E-state index in [0.717, 1.165) is 18.5 Å². The molecule has 0 bridgehead atoms. The maximum absolute atomic E-state index is 5.29. The summed E-state index contributed by atoms with van der Waals surface area (Å²) < 4.78 is 7.47. The molecule has 20 heavy (non-hydrogen) atoms. The summed E-state index contributed by atoms with van der Waals surface area (Å²) >= 11 is 0. The summed E-state index contributed by atoms with van der Waals surface area (Å²) in [5, 5.41) is 3.37. The Bertz CT molecular complexity index is 536. The lowest BCUT2D eigenvalue weighted by molar-refractivity contribution is 0.391. The first-order valence-corrected chi connectivity index (χ1v) is 7.09. The lowest BCUT2D eigenvalue weighted by Crippen LogP contribution is -2.15. The van der Waals surface area contributed by atoms with Gasteiger partial charge in [-0.15, -0.1) is 0 Å². The van der Waals surface area contributed by atoms with Crippen molar-refractivity contribution in [2.24, 2.45) is 0 Å². The fourth-order valence-electron chi connectivity index (χ4n) is 2.46. The van der Waals surface area contributed by atoms with E-state index in [2.05, 4.69) is 40.3 Å². The standard InChI is InChI=1S/C16H23N3O/c1-4-6-15(17-2)13-8-10-19(11-13)12-14-7-5-9-18-16(14)20-3/h5,7-11,15,17H,4,6,12H2,1-3H3. The molecule has 108 valence electrons. The third-order valence-electron chi connectivity index (χ3n) is 3.50. The number of methoxy groups -OCH3 is 1. The van der Waals surface area contributed by atoms with E-state index in [9.17, 15) is 0 Å². The number of rotatable bonds is 7. The van der Waals surface area contributed by atoms with Gasteiger partial charge in [0.15, 0.2) is 0 Å². The van der Waals surface area contributed by atoms with Gasteiger partial charge < -0.3 is 14.6 Å². The fourth-order valence-corrected chi connectivity index (χ4v) is 2.46. The summed E-state index contributed by atoms with van der Waals surface area (Å²) in [6.07, 6.45) is 8.39. The van der Waals surface area contributed by atoms with Gasteiger partial charge in [0.1, 0.15) is 0 Å². The predicted molar refractivity (Wildman–Crippen MR) is 81.0 cm³/mol. The van der Waals surface area contributed by atoms with Crippen molar-refractivity contribution in [3.8, 4) is 5.88 Å². The highest BCUT2D eigenvalue weighted by molar-refractivity contribution is 5.26. The molecule has 2 aromatic rings. The molecule has 4 nitrogen and oxygen atoms in total. The van der Waals surface area contributed by atoms with Gasteiger partial charge in [-0.1, -0.05) is 19.4 Å². The number of hydrogen-bond acceptors (Lipinski definition) is 3. The molecular formula is C16H23N3O. The molecule has 2 rings (SSSR count). The molecule has 1 unspecified atom stereocenters. The maximum atomic E-state index is 5.29. The Morgan fingerprint density at radius 1 is 1.40 bits per heavy atom. The van der Waals surface area contributed by atoms with E-state index < -0.39 is 0 Å². The second-order valence-corrected chi connectivity index (χ2v) is 4.92. The molecule has 0 aromatic carbocycles. The van der Waals surface area contributed by atoms with Crippen LogP contribution >= 0.6 is 0 Å². The van der Waals surface area contributed by atoms with Crippen LogP contribution in [0.1, 0.15) is 36.9 Å². The molecule has 1 N–H and O–H groups in total. The van der Waals surface area contributed by atoms with Crippen molar-refractivity contribution in [1.29, 1.82) is 0 Å². The number of nitrogens with zero attached hydrogens (tertiary/aromatic N) is 2. The molecule has 2 aromatic heterocycles. The topological polar surface area (TPSA) is 39.1 Å². The van der Waals surface area contributed by atoms with E-state index in [1.54, 1.807) is 13.3 Å². The Kier molecular flexibility index (Phi) is 5.18. The van der Waals surface area contributed by atoms with Crippen LogP contribution in [0.25, 0.3) is 0 Å². The molecule has 1 atom stereocenters. The van der Waals surface area contributed by atoms with Gasteiger partial charge in [0, 0.05) is 30.2 Å². The Balaban J connectivity index is 2.13. The molecule has 0 radical (unpaired) electrons. The summed E-state index contributed by atoms with van der Waals surface area (Å²) in [6, 6.07) is 6.60. The van der Waals surface area contributed by atoms with Crippen LogP contribution in [0.15, 0.2) is 36.8 Å². The highest BCUT2D eigenvalue weighted by Crippen LogP contribution is 2.20. The largest absolute Gasteiger partial charge is 0.481 e. The predicted octanol–water partition coefficient (Wildman–Crippen LogP) is 3.00. The molecule has 0 fully saturated rings. The van der Waals surface area contributed by atoms with Crippen molar-refractivity contribution in [3.63, 3.8) is 0 Å². The zero-order chi connectivity index (χ0) is 14.4. The molecular weight excluding hydrogens is 250 g/mol. The average Bonchev–Trinajstić information content (AvgIpc) is 2.93. The monoisotopic (exact) mass is 273 g/mol. The van der Waals surface area contributed by atoms with Crippen molar-refractivity contribution in [2.75, 3.05) is 14.2 Å². The van der Waals surface area contributed by atoms with Crippen LogP contribution < -0.4 is 10.1 Å². The maximum Gasteiger partial charge on any atom is 0.218 e. The van der Waals surface area contributed by atoms with Crippen LogP contribution in [0, 0.1) is 0 Å². The summed E-state index contributed by atoms with van der Waals surface area (Å²) in [5.41, 5.74) is 2.42. The summed E-state index contributed by atoms with van der Waals surface area (Å²) in [4.78, 5) is 4.23. The molecule has 0 saturated carbocycles. The smallest absolute Gasteiger partial charge is 0.218 e. The Morgan fingerprint density at radius 3 is 2.95 bits per heavy atom. The third kappa shape index (κ3) is 3.39. The number of nitrogens with one attached hydrogen (secondary N) is 1. The second kappa shape index (κ2) is 7.10. The van der Waals surface area contributed by atoms with Gasteiger partial charge >= 0.3 is 0 Å². The molecule has 2 heterocycles. The molecule has 0 aliphatic heterocycles. The minimum absolute atomic E-state index is 0.428. The molecule has 0 spiro atoms. The van der Waals surface area contributed by atoms with Crippen molar-refractivity contribution >= 4 is 0 Å². The van der Waals surface area contributed by atoms with Crippen LogP contribution in [-0.2, 0) is 6.54 Å². The van der Waals surface area contributed by atoms with Crippen LogP contribution in [0.5, 0.6) is 5.88 Å². The van der Waals surface area contributed by atoms with Gasteiger partial charge in [0.05, 0.1) is 13.7 Å². The van der Waals surface area contributed by atoms with Gasteiger partial charge in [-0.2, -0.15) is 0 Å². The number of pyridine rings is 1. The Hall–Kier alpha value is -1.81. The summed E-state index contributed by atoms with van der Waals surface area (Å²) in [5.74, 6) is 0.696. The first kappa shape index (κ1) is 14.6. The first-order chi connectivity index (χ1) is 9.78. The second-order valence-electron chi connectivity index (χ2n) is 4.92. The van der Waals surface area contributed by atoms with E-state index in [4.69, 9.17) is 4.74 Å². The molecule has 0 aliphatic rings. The van der Waals surface area contributed by atoms with E-state index in [-0.39, 0.29) is 0 Å². The van der Waals surface area contributed by atoms with Crippen LogP contribution in [0.3, 0.4) is 0 Å². The van der Waals surface area contributed by atoms with Crippen LogP contribution in [0.2, 0.25) is 0 Å². The minimum Gasteiger partial charge on any atom is -0.481 e. The van der Waals surface area contributed by atoms with Crippen molar-refractivity contribution in [1.82, 2.24) is 14.9 Å². The average molecular weight is 273 g/mol. The lowest BCUT2D eigenvalue weighted by atomic mass is 10.1. The van der Waals surface area contributed by atoms with Gasteiger partial charge in [0.25, 0.3) is 0 Å². The minimum atomic E-state index is 0.428. The van der Waals surface area contributed by atoms with Gasteiger partial charge in [-0.3, -0.25) is 0 Å². The number of hydrogen-bond donors (Lipinski definition) is 1. The van der Waals surface area contributed by atoms with Crippen molar-refractivity contribution in [3.05, 3.63) is 47.9 Å². The zero-order valence-electron chi connectivity index (χ0n) is 12.5. The summed E-state index contributed by atoms with van der Waals surface area (Å²) in [6.45, 7) is 2.99. The van der Waals surface area contributed by atoms with Crippen LogP contribution in [0.4, 0.5) is 0 Å². The quantitative estimate of drug-likeness (QED) is 0.843. The van der Waals surface area contributed by atoms with E-state index >= 15 is 0 Å². The summed E-state index contributed by atoms with van der Waals surface area (Å²) in [7, 11) is 3.67. The van der Waals surface area contributed by atoms with E-state index in [1.165, 1.54) is 12.0 Å². The first-order valence-electron chi connectivity index (χ1n) is 7.09. The highest BCUT2D eigenvalue weighted by Gasteiger charge is 2.10. The van der Waals surface area contributed by atoms with Crippen molar-refractivity contribution < 1.29 is 4.74 Å². The lowest BCUT2D eigenvalue weighted by Gasteiger charge is -2.13. The fraction of sp³-hybridized carbons (Fsp3) is 0.438. The Morgan fingerprint density at radius 2 is 2.25 bits per heavy atom. The number of aromatic nitrogens is 2. The normalized spacial score (nSPS) is 12.3. The molecule has 0 amide bonds. The highest BCUT2D eigenvalue weighted by atomic mass is 16.5. The van der Waals surface area contributed by atoms with Gasteiger partial charge in [0.2, 0.25) is 5.88 Å². The van der Waals surface area contributed by atoms with E-state index in [0.29, 0.717) is 11.9 Å². The van der Waals surface area contributed by atoms with Gasteiger partial charge in [-0.25, -0.2) is 4.98 Å². The van der Waals surface area contributed by atoms with Crippen molar-refractivity contribution in [2.45, 2.75) is 32.4 Å². The van der Waals surface area contributed by atoms with Gasteiger partial charge in [-0.05, 0) is 31.2 Å². The molecule has 0 saturated heterocycles. The van der Waals surface area contributed by atoms with Crippen LogP contribution in [-0.4, -0.2) is 23.7 Å². The third-order valence-corrected chi connectivity index (χ3v) is 3.50. The Labute approximate surface area is 120 Å². The molecule has 0 aliphatic carbocycles. The SMILES string of the molecule is CCCC(NC)c1ccn(Cc2cccnc2OC)c1. The molecule has 4 heteroatoms. The number of ether oxygens (including phenoxy) is 1. The zero-order valence-corrected chi connectivity index (χ0v) is 12.5. The van der Waals surface area contributed by atoms with E-state index in [1.807, 2.05) is 19.2 Å².